The molecule has 0 spiro atoms. The lowest BCUT2D eigenvalue weighted by Gasteiger charge is -2.24. The van der Waals surface area contributed by atoms with Crippen LogP contribution in [0.15, 0.2) is 84.0 Å². The van der Waals surface area contributed by atoms with Crippen molar-refractivity contribution in [3.05, 3.63) is 95.4 Å². The molecule has 10 nitrogen and oxygen atoms in total. The fourth-order valence-electron chi connectivity index (χ4n) is 4.33. The van der Waals surface area contributed by atoms with Gasteiger partial charge in [-0.05, 0) is 53.1 Å². The van der Waals surface area contributed by atoms with Crippen LogP contribution >= 0.6 is 11.6 Å². The van der Waals surface area contributed by atoms with Gasteiger partial charge in [0, 0.05) is 12.4 Å². The molecular weight excluding hydrogens is 636 g/mol. The molecule has 2 N–H and O–H groups in total. The maximum atomic E-state index is 13.6. The first-order valence-corrected chi connectivity index (χ1v) is 14.0. The van der Waals surface area contributed by atoms with E-state index in [1.165, 1.54) is 48.7 Å². The van der Waals surface area contributed by atoms with Gasteiger partial charge in [0.25, 0.3) is 0 Å². The molecule has 2 unspecified atom stereocenters. The Kier molecular flexibility index (Phi) is 10.9. The van der Waals surface area contributed by atoms with Crippen LogP contribution < -0.4 is 10.6 Å². The van der Waals surface area contributed by atoms with Crippen LogP contribution in [0.3, 0.4) is 0 Å². The number of nitrogens with one attached hydrogen (secondary N) is 2. The molecule has 0 aliphatic carbocycles. The van der Waals surface area contributed by atoms with Gasteiger partial charge in [-0.2, -0.15) is 13.2 Å². The molecule has 0 saturated heterocycles. The van der Waals surface area contributed by atoms with Gasteiger partial charge in [-0.1, -0.05) is 48.0 Å². The van der Waals surface area contributed by atoms with E-state index in [1.54, 1.807) is 36.5 Å². The Labute approximate surface area is 264 Å². The summed E-state index contributed by atoms with van der Waals surface area (Å²) in [5.41, 5.74) is -0.395. The number of halogens is 5. The van der Waals surface area contributed by atoms with Gasteiger partial charge >= 0.3 is 24.1 Å². The SMILES string of the molecule is O=C(CC1(C(=O)OCCNc2ccccn2)C=CC=N1)NC(CC(=O)OC(=O)C(F)(F)F)c1ccc(-c2ccc(F)c(Cl)c2)cc1. The molecule has 4 rings (SSSR count). The molecule has 2 heterocycles. The monoisotopic (exact) mass is 660 g/mol. The minimum absolute atomic E-state index is 0.0878. The third-order valence-corrected chi connectivity index (χ3v) is 6.85. The van der Waals surface area contributed by atoms with Crippen molar-refractivity contribution in [2.75, 3.05) is 18.5 Å². The van der Waals surface area contributed by atoms with Crippen molar-refractivity contribution >= 4 is 47.4 Å². The maximum Gasteiger partial charge on any atom is 0.491 e. The topological polar surface area (TPSA) is 136 Å². The average Bonchev–Trinajstić information content (AvgIpc) is 3.50. The van der Waals surface area contributed by atoms with Crippen molar-refractivity contribution in [1.82, 2.24) is 10.3 Å². The predicted octanol–water partition coefficient (Wildman–Crippen LogP) is 5.15. The van der Waals surface area contributed by atoms with Crippen molar-refractivity contribution in [3.8, 4) is 11.1 Å². The molecule has 0 bridgehead atoms. The summed E-state index contributed by atoms with van der Waals surface area (Å²) in [6.45, 7) is 0.120. The lowest BCUT2D eigenvalue weighted by Crippen LogP contribution is -2.42. The van der Waals surface area contributed by atoms with Crippen LogP contribution in [0, 0.1) is 5.82 Å². The molecule has 1 aromatic heterocycles. The van der Waals surface area contributed by atoms with Gasteiger partial charge in [0.05, 0.1) is 30.5 Å². The minimum Gasteiger partial charge on any atom is -0.462 e. The van der Waals surface area contributed by atoms with Gasteiger partial charge in [-0.15, -0.1) is 0 Å². The zero-order chi connectivity index (χ0) is 33.3. The zero-order valence-electron chi connectivity index (χ0n) is 23.7. The number of benzene rings is 2. The van der Waals surface area contributed by atoms with Crippen LogP contribution in [0.2, 0.25) is 5.02 Å². The molecule has 46 heavy (non-hydrogen) atoms. The second-order valence-corrected chi connectivity index (χ2v) is 10.3. The normalized spacial score (nSPS) is 16.0. The number of aromatic nitrogens is 1. The number of amides is 1. The highest BCUT2D eigenvalue weighted by Crippen LogP contribution is 2.29. The number of ether oxygens (including phenoxy) is 2. The van der Waals surface area contributed by atoms with E-state index in [0.717, 1.165) is 0 Å². The fourth-order valence-corrected chi connectivity index (χ4v) is 4.51. The van der Waals surface area contributed by atoms with Gasteiger partial charge in [0.15, 0.2) is 5.54 Å². The molecule has 0 fully saturated rings. The third-order valence-electron chi connectivity index (χ3n) is 6.56. The summed E-state index contributed by atoms with van der Waals surface area (Å²) in [6, 6.07) is 14.0. The van der Waals surface area contributed by atoms with E-state index in [1.807, 2.05) is 0 Å². The first-order chi connectivity index (χ1) is 21.9. The van der Waals surface area contributed by atoms with E-state index in [-0.39, 0.29) is 23.7 Å². The predicted molar refractivity (Wildman–Crippen MR) is 158 cm³/mol. The summed E-state index contributed by atoms with van der Waals surface area (Å²) in [4.78, 5) is 58.0. The quantitative estimate of drug-likeness (QED) is 0.118. The number of esters is 3. The molecule has 0 saturated carbocycles. The standard InChI is InChI=1S/C31H25ClF4N4O6/c32-22-16-21(9-10-23(22)33)19-5-7-20(8-6-19)24(17-27(42)46-29(44)31(34,35)36)40-26(41)18-30(11-3-13-39-30)28(43)45-15-14-38-25-4-1-2-12-37-25/h1-13,16,24H,14-15,17-18H2,(H,37,38)(H,40,41). The largest absolute Gasteiger partial charge is 0.491 e. The highest BCUT2D eigenvalue weighted by atomic mass is 35.5. The summed E-state index contributed by atoms with van der Waals surface area (Å²) in [5, 5.41) is 5.35. The van der Waals surface area contributed by atoms with E-state index >= 15 is 0 Å². The van der Waals surface area contributed by atoms with Gasteiger partial charge in [0.1, 0.15) is 18.2 Å². The van der Waals surface area contributed by atoms with Crippen molar-refractivity contribution in [2.45, 2.75) is 30.6 Å². The number of rotatable bonds is 12. The van der Waals surface area contributed by atoms with E-state index in [0.29, 0.717) is 16.9 Å². The molecule has 1 aliphatic heterocycles. The number of alkyl halides is 3. The molecular formula is C31H25ClF4N4O6. The van der Waals surface area contributed by atoms with Crippen molar-refractivity contribution in [1.29, 1.82) is 0 Å². The number of hydrogen-bond donors (Lipinski definition) is 2. The molecule has 3 aromatic rings. The van der Waals surface area contributed by atoms with Crippen LogP contribution in [-0.2, 0) is 28.7 Å². The summed E-state index contributed by atoms with van der Waals surface area (Å²) in [5.74, 6) is -6.00. The van der Waals surface area contributed by atoms with Crippen LogP contribution in [0.5, 0.6) is 0 Å². The number of allylic oxidation sites excluding steroid dienone is 1. The Bertz CT molecular complexity index is 1640. The number of hydrogen-bond acceptors (Lipinski definition) is 9. The van der Waals surface area contributed by atoms with E-state index in [4.69, 9.17) is 16.3 Å². The maximum absolute atomic E-state index is 13.6. The Hall–Kier alpha value is -5.11. The van der Waals surface area contributed by atoms with Gasteiger partial charge in [-0.25, -0.2) is 19.0 Å². The minimum atomic E-state index is -5.42. The Morgan fingerprint density at radius 2 is 1.74 bits per heavy atom. The number of nitrogens with zero attached hydrogens (tertiary/aromatic N) is 2. The van der Waals surface area contributed by atoms with Gasteiger partial charge in [0.2, 0.25) is 5.91 Å². The van der Waals surface area contributed by atoms with Crippen LogP contribution in [0.1, 0.15) is 24.4 Å². The molecule has 1 aliphatic rings. The van der Waals surface area contributed by atoms with Crippen LogP contribution in [-0.4, -0.2) is 59.9 Å². The molecule has 240 valence electrons. The highest BCUT2D eigenvalue weighted by molar-refractivity contribution is 6.31. The van der Waals surface area contributed by atoms with E-state index in [9.17, 15) is 36.7 Å². The molecule has 15 heteroatoms. The molecule has 0 radical (unpaired) electrons. The summed E-state index contributed by atoms with van der Waals surface area (Å²) >= 11 is 5.86. The Balaban J connectivity index is 1.47. The van der Waals surface area contributed by atoms with E-state index in [2.05, 4.69) is 25.3 Å². The smallest absolute Gasteiger partial charge is 0.462 e. The van der Waals surface area contributed by atoms with Crippen molar-refractivity contribution in [3.63, 3.8) is 0 Å². The molecule has 1 amide bonds. The summed E-state index contributed by atoms with van der Waals surface area (Å²) < 4.78 is 60.9. The zero-order valence-corrected chi connectivity index (χ0v) is 24.5. The fraction of sp³-hybridized carbons (Fsp3) is 0.226. The van der Waals surface area contributed by atoms with Crippen LogP contribution in [0.25, 0.3) is 11.1 Å². The lowest BCUT2D eigenvalue weighted by atomic mass is 9.95. The molecule has 2 aromatic carbocycles. The number of carbonyl (C=O) groups is 4. The van der Waals surface area contributed by atoms with Gasteiger partial charge < -0.3 is 20.1 Å². The third kappa shape index (κ3) is 8.97. The first-order valence-electron chi connectivity index (χ1n) is 13.6. The Morgan fingerprint density at radius 3 is 2.37 bits per heavy atom. The van der Waals surface area contributed by atoms with Crippen molar-refractivity contribution in [2.24, 2.45) is 4.99 Å². The van der Waals surface area contributed by atoms with Crippen molar-refractivity contribution < 1.29 is 46.2 Å². The number of anilines is 1. The Morgan fingerprint density at radius 1 is 1.00 bits per heavy atom. The summed E-state index contributed by atoms with van der Waals surface area (Å²) in [6.07, 6.45) is -1.18. The molecule has 2 atom stereocenters. The second-order valence-electron chi connectivity index (χ2n) is 9.85. The van der Waals surface area contributed by atoms with Gasteiger partial charge in [-0.3, -0.25) is 14.6 Å². The first kappa shape index (κ1) is 33.8. The van der Waals surface area contributed by atoms with E-state index < -0.39 is 60.2 Å². The number of carbonyl (C=O) groups excluding carboxylic acids is 4. The number of pyridine rings is 1. The highest BCUT2D eigenvalue weighted by Gasteiger charge is 2.43. The average molecular weight is 661 g/mol. The number of aliphatic imine (C=N–C) groups is 1. The second kappa shape index (κ2) is 14.8. The van der Waals surface area contributed by atoms with Crippen LogP contribution in [0.4, 0.5) is 23.4 Å². The summed E-state index contributed by atoms with van der Waals surface area (Å²) in [7, 11) is 0. The lowest BCUT2D eigenvalue weighted by molar-refractivity contribution is -0.202.